The summed E-state index contributed by atoms with van der Waals surface area (Å²) in [5.41, 5.74) is 3.63. The molecule has 192 valence electrons. The van der Waals surface area contributed by atoms with Gasteiger partial charge in [-0.3, -0.25) is 0 Å². The van der Waals surface area contributed by atoms with E-state index in [4.69, 9.17) is 35.3 Å². The summed E-state index contributed by atoms with van der Waals surface area (Å²) in [5, 5.41) is 2.85. The number of benzene rings is 3. The van der Waals surface area contributed by atoms with Gasteiger partial charge in [-0.1, -0.05) is 11.6 Å². The number of aryl methyl sites for hydroxylation is 2. The number of rotatable bonds is 8. The van der Waals surface area contributed by atoms with Gasteiger partial charge in [0.15, 0.2) is 35.7 Å². The molecule has 2 aliphatic rings. The number of halogens is 2. The number of unbranched alkanes of at least 4 members (excludes halogenated alkanes) is 1. The highest BCUT2D eigenvalue weighted by Gasteiger charge is 2.28. The maximum atomic E-state index is 6.28. The zero-order valence-corrected chi connectivity index (χ0v) is 22.8. The van der Waals surface area contributed by atoms with Crippen LogP contribution in [0.5, 0.6) is 28.7 Å². The lowest BCUT2D eigenvalue weighted by molar-refractivity contribution is -0.686. The fourth-order valence-corrected chi connectivity index (χ4v) is 4.93. The number of nitrogens with zero attached hydrogens (tertiary/aromatic N) is 1. The Morgan fingerprint density at radius 1 is 0.919 bits per heavy atom. The third-order valence-electron chi connectivity index (χ3n) is 6.66. The van der Waals surface area contributed by atoms with E-state index in [1.54, 1.807) is 7.11 Å². The second kappa shape index (κ2) is 11.1. The topological polar surface area (TPSA) is 50.0 Å². The molecule has 0 spiro atoms. The van der Waals surface area contributed by atoms with Crippen molar-refractivity contribution in [3.05, 3.63) is 71.4 Å². The molecule has 0 saturated carbocycles. The normalized spacial score (nSPS) is 12.9. The molecule has 0 unspecified atom stereocenters. The SMILES string of the molecule is COc1ccc2cc3[n+](cc2c1OCCCCOc1ccc(Cl)cc1)CCc1cc2c(cc1-3)OCO2.[Br-]. The first-order valence-corrected chi connectivity index (χ1v) is 12.6. The highest BCUT2D eigenvalue weighted by Crippen LogP contribution is 2.41. The van der Waals surface area contributed by atoms with E-state index in [1.165, 1.54) is 11.1 Å². The van der Waals surface area contributed by atoms with E-state index in [0.29, 0.717) is 18.2 Å². The first-order chi connectivity index (χ1) is 17.7. The third-order valence-corrected chi connectivity index (χ3v) is 6.92. The van der Waals surface area contributed by atoms with Gasteiger partial charge < -0.3 is 40.7 Å². The molecule has 0 saturated heterocycles. The highest BCUT2D eigenvalue weighted by molar-refractivity contribution is 6.30. The predicted molar refractivity (Wildman–Crippen MR) is 138 cm³/mol. The molecule has 0 radical (unpaired) electrons. The van der Waals surface area contributed by atoms with E-state index < -0.39 is 0 Å². The Morgan fingerprint density at radius 2 is 1.68 bits per heavy atom. The van der Waals surface area contributed by atoms with Gasteiger partial charge in [-0.2, -0.15) is 4.57 Å². The molecule has 0 aliphatic carbocycles. The van der Waals surface area contributed by atoms with E-state index in [2.05, 4.69) is 35.0 Å². The summed E-state index contributed by atoms with van der Waals surface area (Å²) in [5.74, 6) is 3.98. The zero-order chi connectivity index (χ0) is 24.5. The molecule has 3 aromatic carbocycles. The molecule has 6 nitrogen and oxygen atoms in total. The van der Waals surface area contributed by atoms with Crippen molar-refractivity contribution in [3.63, 3.8) is 0 Å². The van der Waals surface area contributed by atoms with Gasteiger partial charge in [-0.15, -0.1) is 0 Å². The average Bonchev–Trinajstić information content (AvgIpc) is 3.37. The Hall–Kier alpha value is -3.16. The molecule has 37 heavy (non-hydrogen) atoms. The van der Waals surface area contributed by atoms with E-state index >= 15 is 0 Å². The number of pyridine rings is 1. The summed E-state index contributed by atoms with van der Waals surface area (Å²) in [7, 11) is 1.68. The summed E-state index contributed by atoms with van der Waals surface area (Å²) >= 11 is 5.93. The maximum absolute atomic E-state index is 6.28. The Bertz CT molecular complexity index is 1430. The van der Waals surface area contributed by atoms with Crippen LogP contribution in [0.4, 0.5) is 0 Å². The van der Waals surface area contributed by atoms with Gasteiger partial charge in [0.2, 0.25) is 12.5 Å². The number of ether oxygens (including phenoxy) is 5. The number of hydrogen-bond acceptors (Lipinski definition) is 5. The second-order valence-electron chi connectivity index (χ2n) is 8.92. The first kappa shape index (κ1) is 25.5. The Balaban J connectivity index is 0.00000280. The van der Waals surface area contributed by atoms with Crippen molar-refractivity contribution in [2.45, 2.75) is 25.8 Å². The number of hydrogen-bond donors (Lipinski definition) is 0. The monoisotopic (exact) mass is 583 g/mol. The molecule has 0 fully saturated rings. The number of methoxy groups -OCH3 is 1. The third kappa shape index (κ3) is 5.15. The smallest absolute Gasteiger partial charge is 0.231 e. The van der Waals surface area contributed by atoms with Crippen molar-refractivity contribution < 1.29 is 45.2 Å². The highest BCUT2D eigenvalue weighted by atomic mass is 79.9. The fourth-order valence-electron chi connectivity index (χ4n) is 4.81. The van der Waals surface area contributed by atoms with E-state index in [1.807, 2.05) is 30.3 Å². The minimum atomic E-state index is 0. The quantitative estimate of drug-likeness (QED) is 0.236. The lowest BCUT2D eigenvalue weighted by Gasteiger charge is -2.18. The number of aromatic nitrogens is 1. The molecule has 0 bridgehead atoms. The van der Waals surface area contributed by atoms with Crippen LogP contribution >= 0.6 is 11.6 Å². The molecule has 4 aromatic rings. The predicted octanol–water partition coefficient (Wildman–Crippen LogP) is 2.98. The summed E-state index contributed by atoms with van der Waals surface area (Å²) in [6.45, 7) is 2.37. The minimum Gasteiger partial charge on any atom is -1.00 e. The molecule has 6 rings (SSSR count). The molecule has 8 heteroatoms. The molecule has 0 amide bonds. The summed E-state index contributed by atoms with van der Waals surface area (Å²) in [6.07, 6.45) is 4.86. The zero-order valence-electron chi connectivity index (χ0n) is 20.5. The molecule has 2 aliphatic heterocycles. The van der Waals surface area contributed by atoms with Crippen molar-refractivity contribution in [3.8, 4) is 40.0 Å². The van der Waals surface area contributed by atoms with Crippen LogP contribution < -0.4 is 45.2 Å². The summed E-state index contributed by atoms with van der Waals surface area (Å²) in [6, 6.07) is 17.9. The molecular weight excluding hydrogens is 558 g/mol. The van der Waals surface area contributed by atoms with Crippen LogP contribution in [0.25, 0.3) is 22.0 Å². The first-order valence-electron chi connectivity index (χ1n) is 12.2. The van der Waals surface area contributed by atoms with Crippen molar-refractivity contribution in [1.82, 2.24) is 0 Å². The summed E-state index contributed by atoms with van der Waals surface area (Å²) < 4.78 is 31.2. The van der Waals surface area contributed by atoms with Crippen LogP contribution in [-0.4, -0.2) is 27.1 Å². The lowest BCUT2D eigenvalue weighted by Crippen LogP contribution is -3.00. The van der Waals surface area contributed by atoms with Gasteiger partial charge in [-0.05, 0) is 72.3 Å². The van der Waals surface area contributed by atoms with Crippen LogP contribution in [0.3, 0.4) is 0 Å². The average molecular weight is 585 g/mol. The van der Waals surface area contributed by atoms with E-state index in [9.17, 15) is 0 Å². The Kier molecular flexibility index (Phi) is 7.63. The van der Waals surface area contributed by atoms with Gasteiger partial charge in [-0.25, -0.2) is 0 Å². The largest absolute Gasteiger partial charge is 1.00 e. The van der Waals surface area contributed by atoms with Crippen LogP contribution in [0.15, 0.2) is 60.8 Å². The van der Waals surface area contributed by atoms with Gasteiger partial charge in [0.1, 0.15) is 5.75 Å². The minimum absolute atomic E-state index is 0. The van der Waals surface area contributed by atoms with Gasteiger partial charge >= 0.3 is 0 Å². The van der Waals surface area contributed by atoms with E-state index in [0.717, 1.165) is 71.0 Å². The van der Waals surface area contributed by atoms with Crippen molar-refractivity contribution in [1.29, 1.82) is 0 Å². The van der Waals surface area contributed by atoms with E-state index in [-0.39, 0.29) is 23.8 Å². The van der Waals surface area contributed by atoms with Crippen molar-refractivity contribution >= 4 is 22.4 Å². The standard InChI is InChI=1S/C29H27ClNO5.BrH/c1-32-26-9-4-19-14-25-23-16-28-27(35-18-36-28)15-20(23)10-11-31(25)17-24(19)29(26)34-13-3-2-12-33-22-7-5-21(30)6-8-22;/h4-9,14-17H,2-3,10-13,18H2,1H3;1H/q+1;/p-1. The van der Waals surface area contributed by atoms with Crippen LogP contribution in [0, 0.1) is 0 Å². The second-order valence-corrected chi connectivity index (χ2v) is 9.36. The Labute approximate surface area is 231 Å². The molecule has 1 aromatic heterocycles. The molecule has 0 N–H and O–H groups in total. The maximum Gasteiger partial charge on any atom is 0.231 e. The Morgan fingerprint density at radius 3 is 2.46 bits per heavy atom. The molecule has 3 heterocycles. The van der Waals surface area contributed by atoms with Crippen molar-refractivity contribution in [2.75, 3.05) is 27.1 Å². The van der Waals surface area contributed by atoms with Crippen LogP contribution in [0.1, 0.15) is 18.4 Å². The van der Waals surface area contributed by atoms with Gasteiger partial charge in [0, 0.05) is 17.5 Å². The number of fused-ring (bicyclic) bond motifs is 5. The summed E-state index contributed by atoms with van der Waals surface area (Å²) in [4.78, 5) is 0. The van der Waals surface area contributed by atoms with Gasteiger partial charge in [0.25, 0.3) is 0 Å². The van der Waals surface area contributed by atoms with Crippen molar-refractivity contribution in [2.24, 2.45) is 0 Å². The molecule has 0 atom stereocenters. The van der Waals surface area contributed by atoms with Crippen LogP contribution in [-0.2, 0) is 13.0 Å². The molecular formula is C29H27BrClNO5. The van der Waals surface area contributed by atoms with Gasteiger partial charge in [0.05, 0.1) is 31.3 Å². The lowest BCUT2D eigenvalue weighted by atomic mass is 9.95. The fraction of sp³-hybridized carbons (Fsp3) is 0.276. The van der Waals surface area contributed by atoms with Crippen LogP contribution in [0.2, 0.25) is 5.02 Å².